The average molecular weight is 184 g/mol. The monoisotopic (exact) mass is 184 g/mol. The molecule has 0 saturated carbocycles. The Bertz CT molecular complexity index is 140. The van der Waals surface area contributed by atoms with Crippen LogP contribution in [0.2, 0.25) is 0 Å². The van der Waals surface area contributed by atoms with Crippen molar-refractivity contribution in [3.63, 3.8) is 0 Å². The minimum Gasteiger partial charge on any atom is -0.384 e. The number of rotatable bonds is 2. The fourth-order valence-corrected chi connectivity index (χ4v) is 1.22. The van der Waals surface area contributed by atoms with Gasteiger partial charge in [0.2, 0.25) is 0 Å². The first-order valence-electron chi connectivity index (χ1n) is 3.82. The lowest BCUT2D eigenvalue weighted by Crippen LogP contribution is -2.30. The summed E-state index contributed by atoms with van der Waals surface area (Å²) in [7, 11) is 0. The minimum absolute atomic E-state index is 0.137. The molecule has 72 valence electrons. The average Bonchev–Trinajstić information content (AvgIpc) is 2.37. The lowest BCUT2D eigenvalue weighted by atomic mass is 10.0. The molecule has 1 rings (SSSR count). The van der Waals surface area contributed by atoms with Gasteiger partial charge in [-0.3, -0.25) is 0 Å². The van der Waals surface area contributed by atoms with Crippen molar-refractivity contribution in [3.05, 3.63) is 0 Å². The van der Waals surface area contributed by atoms with E-state index in [1.54, 1.807) is 0 Å². The number of hydrogen-bond acceptors (Lipinski definition) is 2. The highest BCUT2D eigenvalue weighted by molar-refractivity contribution is 4.73. The predicted octanol–water partition coefficient (Wildman–Crippen LogP) is 1.34. The number of halogens is 3. The molecular weight excluding hydrogens is 173 g/mol. The zero-order valence-corrected chi connectivity index (χ0v) is 6.47. The lowest BCUT2D eigenvalue weighted by molar-refractivity contribution is -0.208. The maximum atomic E-state index is 11.8. The van der Waals surface area contributed by atoms with E-state index >= 15 is 0 Å². The number of alkyl halides is 3. The second-order valence-electron chi connectivity index (χ2n) is 3.02. The molecule has 1 aliphatic heterocycles. The molecule has 1 aliphatic rings. The molecule has 1 saturated heterocycles. The standard InChI is InChI=1S/C7H11F3O2/c8-7(9,10)6(11)3-5-1-2-12-4-5/h5-6,11H,1-4H2. The smallest absolute Gasteiger partial charge is 0.384 e. The van der Waals surface area contributed by atoms with E-state index in [1.165, 1.54) is 0 Å². The van der Waals surface area contributed by atoms with Gasteiger partial charge in [-0.15, -0.1) is 0 Å². The van der Waals surface area contributed by atoms with E-state index in [2.05, 4.69) is 0 Å². The zero-order valence-electron chi connectivity index (χ0n) is 6.47. The van der Waals surface area contributed by atoms with Gasteiger partial charge in [-0.2, -0.15) is 13.2 Å². The fourth-order valence-electron chi connectivity index (χ4n) is 1.22. The first-order valence-corrected chi connectivity index (χ1v) is 3.82. The van der Waals surface area contributed by atoms with Gasteiger partial charge in [0.15, 0.2) is 0 Å². The topological polar surface area (TPSA) is 29.5 Å². The Kier molecular flexibility index (Phi) is 2.95. The molecule has 1 heterocycles. The molecule has 2 nitrogen and oxygen atoms in total. The van der Waals surface area contributed by atoms with Crippen molar-refractivity contribution in [2.45, 2.75) is 25.1 Å². The van der Waals surface area contributed by atoms with E-state index in [0.717, 1.165) is 0 Å². The van der Waals surface area contributed by atoms with Gasteiger partial charge in [-0.1, -0.05) is 0 Å². The largest absolute Gasteiger partial charge is 0.414 e. The van der Waals surface area contributed by atoms with Gasteiger partial charge in [0.1, 0.15) is 6.10 Å². The summed E-state index contributed by atoms with van der Waals surface area (Å²) in [5, 5.41) is 8.67. The van der Waals surface area contributed by atoms with Crippen LogP contribution in [0.5, 0.6) is 0 Å². The molecule has 0 aliphatic carbocycles. The van der Waals surface area contributed by atoms with E-state index in [9.17, 15) is 13.2 Å². The van der Waals surface area contributed by atoms with Gasteiger partial charge >= 0.3 is 6.18 Å². The number of aliphatic hydroxyl groups excluding tert-OH is 1. The molecule has 0 amide bonds. The molecule has 2 unspecified atom stereocenters. The quantitative estimate of drug-likeness (QED) is 0.701. The van der Waals surface area contributed by atoms with Crippen LogP contribution in [0.15, 0.2) is 0 Å². The van der Waals surface area contributed by atoms with Crippen molar-refractivity contribution >= 4 is 0 Å². The van der Waals surface area contributed by atoms with E-state index in [-0.39, 0.29) is 12.3 Å². The van der Waals surface area contributed by atoms with Crippen LogP contribution in [0.4, 0.5) is 13.2 Å². The summed E-state index contributed by atoms with van der Waals surface area (Å²) in [6.07, 6.45) is -6.29. The molecule has 0 aromatic rings. The summed E-state index contributed by atoms with van der Waals surface area (Å²) < 4.78 is 40.3. The van der Waals surface area contributed by atoms with E-state index in [1.807, 2.05) is 0 Å². The Hall–Kier alpha value is -0.290. The molecule has 12 heavy (non-hydrogen) atoms. The number of ether oxygens (including phenoxy) is 1. The van der Waals surface area contributed by atoms with Crippen LogP contribution in [0, 0.1) is 5.92 Å². The highest BCUT2D eigenvalue weighted by Gasteiger charge is 2.39. The summed E-state index contributed by atoms with van der Waals surface area (Å²) in [6, 6.07) is 0. The first kappa shape index (κ1) is 9.80. The lowest BCUT2D eigenvalue weighted by Gasteiger charge is -2.16. The number of hydrogen-bond donors (Lipinski definition) is 1. The Labute approximate surface area is 68.3 Å². The second kappa shape index (κ2) is 3.62. The maximum absolute atomic E-state index is 11.8. The summed E-state index contributed by atoms with van der Waals surface area (Å²) in [4.78, 5) is 0. The predicted molar refractivity (Wildman–Crippen MR) is 35.6 cm³/mol. The van der Waals surface area contributed by atoms with Crippen molar-refractivity contribution in [2.75, 3.05) is 13.2 Å². The summed E-state index contributed by atoms with van der Waals surface area (Å²) in [5.74, 6) is -0.137. The normalized spacial score (nSPS) is 27.5. The van der Waals surface area contributed by atoms with Crippen LogP contribution < -0.4 is 0 Å². The molecule has 1 N–H and O–H groups in total. The maximum Gasteiger partial charge on any atom is 0.414 e. The third-order valence-corrected chi connectivity index (χ3v) is 1.96. The SMILES string of the molecule is OC(CC1CCOC1)C(F)(F)F. The summed E-state index contributed by atoms with van der Waals surface area (Å²) >= 11 is 0. The molecule has 0 spiro atoms. The molecule has 0 aromatic carbocycles. The molecule has 0 bridgehead atoms. The van der Waals surface area contributed by atoms with Gasteiger partial charge in [0.05, 0.1) is 0 Å². The summed E-state index contributed by atoms with van der Waals surface area (Å²) in [5.41, 5.74) is 0. The van der Waals surface area contributed by atoms with Crippen molar-refractivity contribution < 1.29 is 23.0 Å². The first-order chi connectivity index (χ1) is 5.50. The van der Waals surface area contributed by atoms with Gasteiger partial charge in [-0.05, 0) is 18.8 Å². The highest BCUT2D eigenvalue weighted by Crippen LogP contribution is 2.27. The van der Waals surface area contributed by atoms with Crippen LogP contribution in [-0.2, 0) is 4.74 Å². The van der Waals surface area contributed by atoms with Gasteiger partial charge in [0, 0.05) is 13.2 Å². The van der Waals surface area contributed by atoms with Gasteiger partial charge in [0.25, 0.3) is 0 Å². The van der Waals surface area contributed by atoms with Crippen molar-refractivity contribution in [1.29, 1.82) is 0 Å². The zero-order chi connectivity index (χ0) is 9.19. The van der Waals surface area contributed by atoms with Crippen LogP contribution in [-0.4, -0.2) is 30.6 Å². The highest BCUT2D eigenvalue weighted by atomic mass is 19.4. The molecule has 0 aromatic heterocycles. The van der Waals surface area contributed by atoms with Crippen molar-refractivity contribution in [1.82, 2.24) is 0 Å². The Morgan fingerprint density at radius 1 is 1.50 bits per heavy atom. The fraction of sp³-hybridized carbons (Fsp3) is 1.00. The molecular formula is C7H11F3O2. The third kappa shape index (κ3) is 2.64. The van der Waals surface area contributed by atoms with Crippen LogP contribution in [0.1, 0.15) is 12.8 Å². The molecule has 5 heteroatoms. The Morgan fingerprint density at radius 2 is 2.17 bits per heavy atom. The van der Waals surface area contributed by atoms with E-state index in [4.69, 9.17) is 9.84 Å². The Balaban J connectivity index is 2.30. The van der Waals surface area contributed by atoms with E-state index in [0.29, 0.717) is 19.6 Å². The van der Waals surface area contributed by atoms with Gasteiger partial charge in [-0.25, -0.2) is 0 Å². The van der Waals surface area contributed by atoms with Gasteiger partial charge < -0.3 is 9.84 Å². The summed E-state index contributed by atoms with van der Waals surface area (Å²) in [6.45, 7) is 0.850. The van der Waals surface area contributed by atoms with Crippen molar-refractivity contribution in [2.24, 2.45) is 5.92 Å². The molecule has 2 atom stereocenters. The Morgan fingerprint density at radius 3 is 2.58 bits per heavy atom. The van der Waals surface area contributed by atoms with Crippen molar-refractivity contribution in [3.8, 4) is 0 Å². The van der Waals surface area contributed by atoms with Crippen LogP contribution in [0.3, 0.4) is 0 Å². The van der Waals surface area contributed by atoms with Crippen LogP contribution >= 0.6 is 0 Å². The second-order valence-corrected chi connectivity index (χ2v) is 3.02. The minimum atomic E-state index is -4.48. The third-order valence-electron chi connectivity index (χ3n) is 1.96. The van der Waals surface area contributed by atoms with Crippen LogP contribution in [0.25, 0.3) is 0 Å². The molecule has 1 fully saturated rings. The molecule has 0 radical (unpaired) electrons. The number of aliphatic hydroxyl groups is 1. The van der Waals surface area contributed by atoms with E-state index < -0.39 is 12.3 Å².